The summed E-state index contributed by atoms with van der Waals surface area (Å²) in [6.07, 6.45) is 0.762. The molecule has 3 rings (SSSR count). The third kappa shape index (κ3) is 6.81. The second-order valence-electron chi connectivity index (χ2n) is 9.37. The zero-order chi connectivity index (χ0) is 26.0. The Morgan fingerprint density at radius 1 is 1.23 bits per heavy atom. The first-order valence-corrected chi connectivity index (χ1v) is 12.9. The van der Waals surface area contributed by atoms with Crippen LogP contribution in [0.15, 0.2) is 46.2 Å². The zero-order valence-corrected chi connectivity index (χ0v) is 20.8. The standard InChI is InChI=1S/C23H30FN5O5S/c1-23(2,3)34-22(31)29-12-10-17(16(24)13-29)28-18-9-11-26-21(30)19(18)20(25)27-14-5-7-15(8-6-14)35(4,32)33/h5-9,11,16-17H,10,12-13H2,1-4H3,(H2,25,27)(H2,26,28,30). The summed E-state index contributed by atoms with van der Waals surface area (Å²) in [7, 11) is -3.37. The van der Waals surface area contributed by atoms with Crippen LogP contribution >= 0.6 is 0 Å². The number of nitrogens with zero attached hydrogens (tertiary/aromatic N) is 1. The van der Waals surface area contributed by atoms with Gasteiger partial charge in [-0.25, -0.2) is 17.6 Å². The molecule has 2 atom stereocenters. The number of carbonyl (C=O) groups excluding carboxylic acids is 1. The smallest absolute Gasteiger partial charge is 0.410 e. The van der Waals surface area contributed by atoms with Crippen LogP contribution in [-0.4, -0.2) is 67.4 Å². The van der Waals surface area contributed by atoms with Crippen molar-refractivity contribution in [2.75, 3.05) is 30.0 Å². The Balaban J connectivity index is 1.72. The van der Waals surface area contributed by atoms with Crippen molar-refractivity contribution in [3.05, 3.63) is 52.4 Å². The van der Waals surface area contributed by atoms with Crippen LogP contribution in [0.5, 0.6) is 0 Å². The second-order valence-corrected chi connectivity index (χ2v) is 11.4. The number of alkyl halides is 1. The van der Waals surface area contributed by atoms with E-state index in [-0.39, 0.29) is 41.5 Å². The van der Waals surface area contributed by atoms with Crippen molar-refractivity contribution < 1.29 is 22.3 Å². The van der Waals surface area contributed by atoms with Crippen LogP contribution in [0.25, 0.3) is 0 Å². The molecular weight excluding hydrogens is 477 g/mol. The van der Waals surface area contributed by atoms with E-state index in [9.17, 15) is 22.4 Å². The van der Waals surface area contributed by atoms with E-state index in [1.54, 1.807) is 20.8 Å². The molecule has 1 fully saturated rings. The number of likely N-dealkylation sites (tertiary alicyclic amines) is 1. The highest BCUT2D eigenvalue weighted by molar-refractivity contribution is 7.90. The maximum absolute atomic E-state index is 15.0. The molecule has 2 unspecified atom stereocenters. The summed E-state index contributed by atoms with van der Waals surface area (Å²) in [6.45, 7) is 5.33. The third-order valence-electron chi connectivity index (χ3n) is 5.30. The number of anilines is 2. The number of aromatic nitrogens is 1. The van der Waals surface area contributed by atoms with Crippen molar-refractivity contribution in [2.24, 2.45) is 0 Å². The highest BCUT2D eigenvalue weighted by atomic mass is 32.2. The van der Waals surface area contributed by atoms with E-state index in [2.05, 4.69) is 15.6 Å². The molecule has 35 heavy (non-hydrogen) atoms. The molecule has 0 radical (unpaired) electrons. The number of ether oxygens (including phenoxy) is 1. The second kappa shape index (κ2) is 10.1. The van der Waals surface area contributed by atoms with Gasteiger partial charge in [-0.05, 0) is 57.5 Å². The summed E-state index contributed by atoms with van der Waals surface area (Å²) in [4.78, 5) is 28.8. The van der Waals surface area contributed by atoms with Crippen molar-refractivity contribution in [2.45, 2.75) is 49.9 Å². The Morgan fingerprint density at radius 3 is 2.46 bits per heavy atom. The van der Waals surface area contributed by atoms with Crippen molar-refractivity contribution in [3.8, 4) is 0 Å². The van der Waals surface area contributed by atoms with Crippen molar-refractivity contribution >= 4 is 33.1 Å². The van der Waals surface area contributed by atoms with Gasteiger partial charge in [0.2, 0.25) is 0 Å². The first-order chi connectivity index (χ1) is 16.2. The lowest BCUT2D eigenvalue weighted by Crippen LogP contribution is -2.51. The fourth-order valence-electron chi connectivity index (χ4n) is 3.60. The average Bonchev–Trinajstić information content (AvgIpc) is 2.73. The fourth-order valence-corrected chi connectivity index (χ4v) is 4.23. The number of benzene rings is 1. The molecule has 1 aliphatic heterocycles. The Labute approximate surface area is 203 Å². The molecule has 0 saturated carbocycles. The minimum Gasteiger partial charge on any atom is -0.444 e. The number of amides is 1. The molecule has 12 heteroatoms. The van der Waals surface area contributed by atoms with E-state index in [1.165, 1.54) is 41.4 Å². The molecule has 1 aromatic heterocycles. The molecule has 0 aliphatic carbocycles. The largest absolute Gasteiger partial charge is 0.444 e. The van der Waals surface area contributed by atoms with Gasteiger partial charge in [-0.3, -0.25) is 10.2 Å². The molecule has 0 bridgehead atoms. The van der Waals surface area contributed by atoms with Crippen molar-refractivity contribution in [1.82, 2.24) is 9.88 Å². The predicted octanol–water partition coefficient (Wildman–Crippen LogP) is 2.98. The van der Waals surface area contributed by atoms with Crippen LogP contribution in [0, 0.1) is 5.41 Å². The Kier molecular flexibility index (Phi) is 7.53. The molecule has 2 heterocycles. The maximum atomic E-state index is 15.0. The van der Waals surface area contributed by atoms with E-state index in [4.69, 9.17) is 10.1 Å². The molecule has 1 amide bonds. The molecule has 10 nitrogen and oxygen atoms in total. The lowest BCUT2D eigenvalue weighted by molar-refractivity contribution is 0.0125. The summed E-state index contributed by atoms with van der Waals surface area (Å²) in [6, 6.07) is 6.61. The molecule has 2 aromatic rings. The molecular formula is C23H30FN5O5S. The lowest BCUT2D eigenvalue weighted by Gasteiger charge is -2.36. The third-order valence-corrected chi connectivity index (χ3v) is 6.43. The van der Waals surface area contributed by atoms with Gasteiger partial charge in [0.15, 0.2) is 9.84 Å². The molecule has 1 aromatic carbocycles. The summed E-state index contributed by atoms with van der Waals surface area (Å²) >= 11 is 0. The minimum absolute atomic E-state index is 0.0264. The van der Waals surface area contributed by atoms with Gasteiger partial charge in [0.1, 0.15) is 23.2 Å². The zero-order valence-electron chi connectivity index (χ0n) is 20.0. The molecule has 4 N–H and O–H groups in total. The number of hydrogen-bond donors (Lipinski definition) is 4. The Hall–Kier alpha value is -3.41. The lowest BCUT2D eigenvalue weighted by atomic mass is 10.0. The van der Waals surface area contributed by atoms with E-state index in [1.807, 2.05) is 0 Å². The number of carbonyl (C=O) groups is 1. The molecule has 1 saturated heterocycles. The quantitative estimate of drug-likeness (QED) is 0.360. The van der Waals surface area contributed by atoms with Crippen LogP contribution in [0.4, 0.5) is 20.6 Å². The normalized spacial score (nSPS) is 18.6. The predicted molar refractivity (Wildman–Crippen MR) is 132 cm³/mol. The Bertz CT molecular complexity index is 1250. The number of sulfone groups is 1. The van der Waals surface area contributed by atoms with Crippen LogP contribution in [0.2, 0.25) is 0 Å². The van der Waals surface area contributed by atoms with Crippen molar-refractivity contribution in [1.29, 1.82) is 5.41 Å². The maximum Gasteiger partial charge on any atom is 0.410 e. The highest BCUT2D eigenvalue weighted by Crippen LogP contribution is 2.23. The summed E-state index contributed by atoms with van der Waals surface area (Å²) < 4.78 is 43.6. The van der Waals surface area contributed by atoms with Gasteiger partial charge in [-0.1, -0.05) is 0 Å². The van der Waals surface area contributed by atoms with Gasteiger partial charge in [0.25, 0.3) is 5.56 Å². The van der Waals surface area contributed by atoms with Gasteiger partial charge in [-0.2, -0.15) is 0 Å². The van der Waals surface area contributed by atoms with E-state index < -0.39 is 39.3 Å². The number of rotatable bonds is 5. The summed E-state index contributed by atoms with van der Waals surface area (Å²) in [5.74, 6) is -0.247. The monoisotopic (exact) mass is 507 g/mol. The van der Waals surface area contributed by atoms with E-state index >= 15 is 0 Å². The van der Waals surface area contributed by atoms with Crippen molar-refractivity contribution in [3.63, 3.8) is 0 Å². The SMILES string of the molecule is CC(C)(C)OC(=O)N1CCC(Nc2cc[nH]c(=O)c2C(=N)Nc2ccc(S(C)(=O)=O)cc2)C(F)C1. The summed E-state index contributed by atoms with van der Waals surface area (Å²) in [5.41, 5.74) is -0.595. The van der Waals surface area contributed by atoms with Gasteiger partial charge in [0, 0.05) is 24.7 Å². The number of piperidine rings is 1. The average molecular weight is 508 g/mol. The number of aromatic amines is 1. The summed E-state index contributed by atoms with van der Waals surface area (Å²) in [5, 5.41) is 14.2. The van der Waals surface area contributed by atoms with Gasteiger partial charge in [-0.15, -0.1) is 0 Å². The number of H-pyrrole nitrogens is 1. The first-order valence-electron chi connectivity index (χ1n) is 11.0. The van der Waals surface area contributed by atoms with Crippen LogP contribution in [0.3, 0.4) is 0 Å². The van der Waals surface area contributed by atoms with E-state index in [0.29, 0.717) is 5.69 Å². The van der Waals surface area contributed by atoms with Crippen LogP contribution in [-0.2, 0) is 14.6 Å². The number of hydrogen-bond acceptors (Lipinski definition) is 7. The van der Waals surface area contributed by atoms with Crippen LogP contribution in [0.1, 0.15) is 32.8 Å². The first kappa shape index (κ1) is 26.2. The number of halogens is 1. The minimum atomic E-state index is -3.37. The van der Waals surface area contributed by atoms with Gasteiger partial charge < -0.3 is 25.3 Å². The van der Waals surface area contributed by atoms with Gasteiger partial charge in [0.05, 0.1) is 23.2 Å². The van der Waals surface area contributed by atoms with Gasteiger partial charge >= 0.3 is 6.09 Å². The van der Waals surface area contributed by atoms with Crippen LogP contribution < -0.4 is 16.2 Å². The molecule has 190 valence electrons. The molecule has 0 spiro atoms. The fraction of sp³-hybridized carbons (Fsp3) is 0.435. The molecule has 1 aliphatic rings. The van der Waals surface area contributed by atoms with E-state index in [0.717, 1.165) is 6.26 Å². The topological polar surface area (TPSA) is 144 Å². The number of amidine groups is 1. The Morgan fingerprint density at radius 2 is 1.89 bits per heavy atom. The highest BCUT2D eigenvalue weighted by Gasteiger charge is 2.34. The number of nitrogens with one attached hydrogen (secondary N) is 4. The number of pyridine rings is 1.